The van der Waals surface area contributed by atoms with Crippen LogP contribution in [0.4, 0.5) is 0 Å². The van der Waals surface area contributed by atoms with Crippen molar-refractivity contribution in [3.05, 3.63) is 51.5 Å². The van der Waals surface area contributed by atoms with E-state index >= 15 is 0 Å². The zero-order valence-corrected chi connectivity index (χ0v) is 10.5. The van der Waals surface area contributed by atoms with Crippen molar-refractivity contribution in [2.75, 3.05) is 0 Å². The molecule has 0 saturated carbocycles. The number of nitrogens with zero attached hydrogens (tertiary/aromatic N) is 1. The molecule has 17 heavy (non-hydrogen) atoms. The molecule has 3 nitrogen and oxygen atoms in total. The molecule has 88 valence electrons. The number of aromatic amines is 1. The van der Waals surface area contributed by atoms with Gasteiger partial charge in [0, 0.05) is 16.1 Å². The lowest BCUT2D eigenvalue weighted by Gasteiger charge is -2.10. The van der Waals surface area contributed by atoms with Crippen LogP contribution in [0.3, 0.4) is 0 Å². The largest absolute Gasteiger partial charge is 0.313 e. The van der Waals surface area contributed by atoms with Crippen molar-refractivity contribution >= 4 is 11.6 Å². The second kappa shape index (κ2) is 4.72. The second-order valence-electron chi connectivity index (χ2n) is 4.16. The molecule has 2 aromatic rings. The summed E-state index contributed by atoms with van der Waals surface area (Å²) in [6.07, 6.45) is 1.42. The molecule has 0 aliphatic rings. The van der Waals surface area contributed by atoms with Gasteiger partial charge in [0.15, 0.2) is 0 Å². The Morgan fingerprint density at radius 1 is 1.35 bits per heavy atom. The topological polar surface area (TPSA) is 45.8 Å². The Balaban J connectivity index is 2.67. The Morgan fingerprint density at radius 2 is 2.12 bits per heavy atom. The molecule has 1 aromatic carbocycles. The van der Waals surface area contributed by atoms with Crippen LogP contribution in [0.1, 0.15) is 25.3 Å². The van der Waals surface area contributed by atoms with Crippen LogP contribution in [0.25, 0.3) is 11.3 Å². The minimum atomic E-state index is -0.0926. The van der Waals surface area contributed by atoms with Gasteiger partial charge in [0.1, 0.15) is 0 Å². The van der Waals surface area contributed by atoms with Crippen LogP contribution in [0.15, 0.2) is 35.4 Å². The van der Waals surface area contributed by atoms with Crippen LogP contribution in [0.5, 0.6) is 0 Å². The summed E-state index contributed by atoms with van der Waals surface area (Å²) < 4.78 is 0. The minimum Gasteiger partial charge on any atom is -0.313 e. The fourth-order valence-electron chi connectivity index (χ4n) is 1.81. The van der Waals surface area contributed by atoms with Gasteiger partial charge < -0.3 is 4.98 Å². The number of aromatic nitrogens is 2. The standard InChI is InChI=1S/C13H13ClN2O/c1-8(2)11-12(15-7-16-13(11)17)9-4-3-5-10(14)6-9/h3-8H,1-2H3,(H,15,16,17). The first-order valence-corrected chi connectivity index (χ1v) is 5.81. The molecule has 0 amide bonds. The summed E-state index contributed by atoms with van der Waals surface area (Å²) in [4.78, 5) is 18.7. The number of H-pyrrole nitrogens is 1. The van der Waals surface area contributed by atoms with Crippen LogP contribution in [0.2, 0.25) is 5.02 Å². The highest BCUT2D eigenvalue weighted by Crippen LogP contribution is 2.25. The summed E-state index contributed by atoms with van der Waals surface area (Å²) >= 11 is 5.95. The van der Waals surface area contributed by atoms with Crippen molar-refractivity contribution in [1.29, 1.82) is 0 Å². The Labute approximate surface area is 104 Å². The molecule has 0 spiro atoms. The number of rotatable bonds is 2. The van der Waals surface area contributed by atoms with Crippen LogP contribution in [0, 0.1) is 0 Å². The number of hydrogen-bond acceptors (Lipinski definition) is 2. The zero-order valence-electron chi connectivity index (χ0n) is 9.70. The van der Waals surface area contributed by atoms with Crippen LogP contribution in [-0.2, 0) is 0 Å². The van der Waals surface area contributed by atoms with Gasteiger partial charge in [0.05, 0.1) is 12.0 Å². The molecule has 2 rings (SSSR count). The third-order valence-electron chi connectivity index (χ3n) is 2.56. The van der Waals surface area contributed by atoms with E-state index in [1.165, 1.54) is 6.33 Å². The van der Waals surface area contributed by atoms with Crippen molar-refractivity contribution in [3.63, 3.8) is 0 Å². The molecule has 1 aromatic heterocycles. The Morgan fingerprint density at radius 3 is 2.76 bits per heavy atom. The van der Waals surface area contributed by atoms with Crippen molar-refractivity contribution in [2.45, 2.75) is 19.8 Å². The number of nitrogens with one attached hydrogen (secondary N) is 1. The summed E-state index contributed by atoms with van der Waals surface area (Å²) in [5.74, 6) is 0.112. The maximum atomic E-state index is 11.8. The average Bonchev–Trinajstić information content (AvgIpc) is 2.28. The highest BCUT2D eigenvalue weighted by atomic mass is 35.5. The van der Waals surface area contributed by atoms with Gasteiger partial charge in [-0.3, -0.25) is 4.79 Å². The van der Waals surface area contributed by atoms with E-state index in [1.807, 2.05) is 32.0 Å². The van der Waals surface area contributed by atoms with Crippen molar-refractivity contribution in [1.82, 2.24) is 9.97 Å². The van der Waals surface area contributed by atoms with Crippen LogP contribution >= 0.6 is 11.6 Å². The molecule has 0 aliphatic heterocycles. The van der Waals surface area contributed by atoms with Gasteiger partial charge in [-0.05, 0) is 18.1 Å². The van der Waals surface area contributed by atoms with E-state index in [2.05, 4.69) is 9.97 Å². The normalized spacial score (nSPS) is 10.8. The first-order valence-electron chi connectivity index (χ1n) is 5.43. The highest BCUT2D eigenvalue weighted by Gasteiger charge is 2.13. The molecule has 0 fully saturated rings. The molecule has 1 N–H and O–H groups in total. The van der Waals surface area contributed by atoms with Crippen molar-refractivity contribution in [3.8, 4) is 11.3 Å². The molecule has 0 bridgehead atoms. The van der Waals surface area contributed by atoms with Crippen molar-refractivity contribution < 1.29 is 0 Å². The minimum absolute atomic E-state index is 0.0926. The first kappa shape index (κ1) is 11.9. The van der Waals surface area contributed by atoms with Gasteiger partial charge in [-0.25, -0.2) is 4.98 Å². The lowest BCUT2D eigenvalue weighted by atomic mass is 9.98. The maximum Gasteiger partial charge on any atom is 0.254 e. The first-order chi connectivity index (χ1) is 8.09. The maximum absolute atomic E-state index is 11.8. The molecular weight excluding hydrogens is 236 g/mol. The lowest BCUT2D eigenvalue weighted by molar-refractivity contribution is 0.833. The van der Waals surface area contributed by atoms with Gasteiger partial charge in [0.2, 0.25) is 0 Å². The Hall–Kier alpha value is -1.61. The van der Waals surface area contributed by atoms with Gasteiger partial charge in [0.25, 0.3) is 5.56 Å². The van der Waals surface area contributed by atoms with Gasteiger partial charge in [-0.15, -0.1) is 0 Å². The SMILES string of the molecule is CC(C)c1c(-c2cccc(Cl)c2)nc[nH]c1=O. The molecule has 0 radical (unpaired) electrons. The molecule has 0 unspecified atom stereocenters. The second-order valence-corrected chi connectivity index (χ2v) is 4.60. The summed E-state index contributed by atoms with van der Waals surface area (Å²) in [5, 5.41) is 0.638. The number of benzene rings is 1. The number of halogens is 1. The van der Waals surface area contributed by atoms with E-state index in [1.54, 1.807) is 6.07 Å². The zero-order chi connectivity index (χ0) is 12.4. The van der Waals surface area contributed by atoms with Crippen molar-refractivity contribution in [2.24, 2.45) is 0 Å². The van der Waals surface area contributed by atoms with E-state index in [4.69, 9.17) is 11.6 Å². The highest BCUT2D eigenvalue weighted by molar-refractivity contribution is 6.30. The molecule has 0 aliphatic carbocycles. The van der Waals surface area contributed by atoms with Gasteiger partial charge in [-0.1, -0.05) is 37.6 Å². The quantitative estimate of drug-likeness (QED) is 0.887. The fourth-order valence-corrected chi connectivity index (χ4v) is 2.00. The Kier molecular flexibility index (Phi) is 3.29. The molecule has 0 saturated heterocycles. The third kappa shape index (κ3) is 2.39. The third-order valence-corrected chi connectivity index (χ3v) is 2.80. The average molecular weight is 249 g/mol. The van der Waals surface area contributed by atoms with E-state index in [-0.39, 0.29) is 11.5 Å². The predicted octanol–water partition coefficient (Wildman–Crippen LogP) is 3.21. The fraction of sp³-hybridized carbons (Fsp3) is 0.231. The molecule has 0 atom stereocenters. The molecular formula is C13H13ClN2O. The lowest BCUT2D eigenvalue weighted by Crippen LogP contribution is -2.16. The number of hydrogen-bond donors (Lipinski definition) is 1. The Bertz CT molecular complexity index is 590. The summed E-state index contributed by atoms with van der Waals surface area (Å²) in [7, 11) is 0. The predicted molar refractivity (Wildman–Crippen MR) is 69.4 cm³/mol. The van der Waals surface area contributed by atoms with E-state index in [9.17, 15) is 4.79 Å². The molecule has 1 heterocycles. The summed E-state index contributed by atoms with van der Waals surface area (Å²) in [6.45, 7) is 3.95. The summed E-state index contributed by atoms with van der Waals surface area (Å²) in [5.41, 5.74) is 2.17. The monoisotopic (exact) mass is 248 g/mol. The smallest absolute Gasteiger partial charge is 0.254 e. The summed E-state index contributed by atoms with van der Waals surface area (Å²) in [6, 6.07) is 7.37. The van der Waals surface area contributed by atoms with E-state index in [0.29, 0.717) is 16.3 Å². The van der Waals surface area contributed by atoms with E-state index < -0.39 is 0 Å². The van der Waals surface area contributed by atoms with Gasteiger partial charge >= 0.3 is 0 Å². The van der Waals surface area contributed by atoms with Crippen LogP contribution < -0.4 is 5.56 Å². The molecule has 4 heteroatoms. The van der Waals surface area contributed by atoms with Gasteiger partial charge in [-0.2, -0.15) is 0 Å². The van der Waals surface area contributed by atoms with Crippen LogP contribution in [-0.4, -0.2) is 9.97 Å². The van der Waals surface area contributed by atoms with E-state index in [0.717, 1.165) is 5.56 Å².